The Kier molecular flexibility index (Phi) is 4.54. The van der Waals surface area contributed by atoms with Gasteiger partial charge in [0.05, 0.1) is 0 Å². The molecule has 0 rings (SSSR count). The van der Waals surface area contributed by atoms with Crippen molar-refractivity contribution < 1.29 is 0 Å². The first-order chi connectivity index (χ1) is 4.95. The van der Waals surface area contributed by atoms with Crippen LogP contribution >= 0.6 is 11.6 Å². The number of hydrogen-bond acceptors (Lipinski definition) is 2. The number of nitrogens with two attached hydrogens (primary N) is 1. The molecule has 0 spiro atoms. The average Bonchev–Trinajstić information content (AvgIpc) is 1.85. The third-order valence-corrected chi connectivity index (χ3v) is 1.44. The van der Waals surface area contributed by atoms with Crippen molar-refractivity contribution in [3.05, 3.63) is 12.3 Å². The highest BCUT2D eigenvalue weighted by Crippen LogP contribution is 2.18. The summed E-state index contributed by atoms with van der Waals surface area (Å²) in [7, 11) is 0. The average molecular weight is 177 g/mol. The predicted molar refractivity (Wildman–Crippen MR) is 50.0 cm³/mol. The summed E-state index contributed by atoms with van der Waals surface area (Å²) in [6.07, 6.45) is 4.85. The molecule has 0 amide bonds. The molecule has 2 nitrogen and oxygen atoms in total. The van der Waals surface area contributed by atoms with E-state index >= 15 is 0 Å². The molecule has 0 aliphatic rings. The van der Waals surface area contributed by atoms with Gasteiger partial charge in [-0.25, -0.2) is 5.84 Å². The maximum Gasteiger partial charge on any atom is 0.107 e. The molecule has 0 aromatic heterocycles. The van der Waals surface area contributed by atoms with E-state index in [2.05, 4.69) is 20.8 Å². The summed E-state index contributed by atoms with van der Waals surface area (Å²) in [5, 5.41) is 1.45. The van der Waals surface area contributed by atoms with Gasteiger partial charge in [-0.05, 0) is 11.8 Å². The van der Waals surface area contributed by atoms with E-state index in [1.165, 1.54) is 5.01 Å². The highest BCUT2D eigenvalue weighted by Gasteiger charge is 2.06. The van der Waals surface area contributed by atoms with Crippen molar-refractivity contribution in [1.82, 2.24) is 5.01 Å². The third-order valence-electron chi connectivity index (χ3n) is 1.17. The lowest BCUT2D eigenvalue weighted by molar-refractivity contribution is 0.410. The monoisotopic (exact) mass is 176 g/mol. The van der Waals surface area contributed by atoms with E-state index in [0.717, 1.165) is 6.42 Å². The molecule has 0 fully saturated rings. The molecule has 0 aromatic carbocycles. The zero-order valence-corrected chi connectivity index (χ0v) is 8.23. The van der Waals surface area contributed by atoms with Gasteiger partial charge < -0.3 is 5.01 Å². The standard InChI is InChI=1S/C8H17ClN2/c1-8(2,3)5-4-6-11(10)7-9/h4,6H,5,7,10H2,1-3H3/b6-4-. The quantitative estimate of drug-likeness (QED) is 0.310. The van der Waals surface area contributed by atoms with Crippen molar-refractivity contribution in [3.63, 3.8) is 0 Å². The molecule has 0 saturated heterocycles. The molecule has 66 valence electrons. The number of alkyl halides is 1. The molecule has 0 aliphatic carbocycles. The zero-order valence-electron chi connectivity index (χ0n) is 7.47. The van der Waals surface area contributed by atoms with Crippen molar-refractivity contribution in [3.8, 4) is 0 Å². The van der Waals surface area contributed by atoms with E-state index in [1.54, 1.807) is 6.20 Å². The Morgan fingerprint density at radius 2 is 2.00 bits per heavy atom. The first-order valence-corrected chi connectivity index (χ1v) is 4.23. The number of hydrazine groups is 1. The minimum Gasteiger partial charge on any atom is -0.304 e. The summed E-state index contributed by atoms with van der Waals surface area (Å²) in [6, 6.07) is 0.334. The third kappa shape index (κ3) is 7.69. The molecule has 0 radical (unpaired) electrons. The van der Waals surface area contributed by atoms with Crippen molar-refractivity contribution in [1.29, 1.82) is 0 Å². The SMILES string of the molecule is CC(C)(C)C/C=C\N(N)CCl. The van der Waals surface area contributed by atoms with Gasteiger partial charge in [0.25, 0.3) is 0 Å². The summed E-state index contributed by atoms with van der Waals surface area (Å²) >= 11 is 5.45. The van der Waals surface area contributed by atoms with Crippen LogP contribution in [-0.2, 0) is 0 Å². The summed E-state index contributed by atoms with van der Waals surface area (Å²) < 4.78 is 0. The molecule has 0 aromatic rings. The van der Waals surface area contributed by atoms with Crippen LogP contribution in [0, 0.1) is 5.41 Å². The van der Waals surface area contributed by atoms with E-state index in [4.69, 9.17) is 17.4 Å². The van der Waals surface area contributed by atoms with Gasteiger partial charge in [-0.2, -0.15) is 0 Å². The van der Waals surface area contributed by atoms with Crippen LogP contribution in [0.3, 0.4) is 0 Å². The number of allylic oxidation sites excluding steroid dienone is 1. The predicted octanol–water partition coefficient (Wildman–Crippen LogP) is 2.31. The molecule has 11 heavy (non-hydrogen) atoms. The molecular formula is C8H17ClN2. The Morgan fingerprint density at radius 3 is 2.36 bits per heavy atom. The van der Waals surface area contributed by atoms with Crippen LogP contribution < -0.4 is 5.84 Å². The smallest absolute Gasteiger partial charge is 0.107 e. The van der Waals surface area contributed by atoms with E-state index in [0.29, 0.717) is 11.4 Å². The van der Waals surface area contributed by atoms with Crippen LogP contribution in [0.4, 0.5) is 0 Å². The fourth-order valence-corrected chi connectivity index (χ4v) is 0.661. The van der Waals surface area contributed by atoms with Gasteiger partial charge in [-0.15, -0.1) is 11.6 Å². The van der Waals surface area contributed by atoms with Crippen molar-refractivity contribution >= 4 is 11.6 Å². The fraction of sp³-hybridized carbons (Fsp3) is 0.750. The Hall–Kier alpha value is -0.210. The van der Waals surface area contributed by atoms with Crippen LogP contribution in [0.15, 0.2) is 12.3 Å². The highest BCUT2D eigenvalue weighted by atomic mass is 35.5. The largest absolute Gasteiger partial charge is 0.304 e. The van der Waals surface area contributed by atoms with Gasteiger partial charge in [0.15, 0.2) is 0 Å². The summed E-state index contributed by atoms with van der Waals surface area (Å²) in [4.78, 5) is 0. The summed E-state index contributed by atoms with van der Waals surface area (Å²) in [6.45, 7) is 6.54. The number of rotatable bonds is 3. The number of halogens is 1. The normalized spacial score (nSPS) is 12.5. The first-order valence-electron chi connectivity index (χ1n) is 3.70. The van der Waals surface area contributed by atoms with Crippen LogP contribution in [0.1, 0.15) is 27.2 Å². The van der Waals surface area contributed by atoms with Gasteiger partial charge in [-0.3, -0.25) is 0 Å². The first kappa shape index (κ1) is 10.8. The highest BCUT2D eigenvalue weighted by molar-refractivity contribution is 6.17. The Morgan fingerprint density at radius 1 is 1.45 bits per heavy atom. The lowest BCUT2D eigenvalue weighted by Crippen LogP contribution is -2.22. The van der Waals surface area contributed by atoms with Crippen LogP contribution in [0.5, 0.6) is 0 Å². The minimum atomic E-state index is 0.323. The number of hydrogen-bond donors (Lipinski definition) is 1. The van der Waals surface area contributed by atoms with Crippen LogP contribution in [0.25, 0.3) is 0 Å². The second-order valence-electron chi connectivity index (χ2n) is 3.78. The fourth-order valence-electron chi connectivity index (χ4n) is 0.581. The van der Waals surface area contributed by atoms with E-state index in [9.17, 15) is 0 Å². The Balaban J connectivity index is 3.60. The molecule has 0 bridgehead atoms. The zero-order chi connectivity index (χ0) is 8.91. The van der Waals surface area contributed by atoms with Crippen LogP contribution in [0.2, 0.25) is 0 Å². The Labute approximate surface area is 74.0 Å². The molecule has 0 unspecified atom stereocenters. The van der Waals surface area contributed by atoms with Crippen molar-refractivity contribution in [2.75, 3.05) is 6.00 Å². The lowest BCUT2D eigenvalue weighted by atomic mass is 9.92. The van der Waals surface area contributed by atoms with E-state index in [-0.39, 0.29) is 0 Å². The molecule has 0 heterocycles. The van der Waals surface area contributed by atoms with Crippen LogP contribution in [-0.4, -0.2) is 11.0 Å². The van der Waals surface area contributed by atoms with Gasteiger partial charge in [0, 0.05) is 6.20 Å². The summed E-state index contributed by atoms with van der Waals surface area (Å²) in [5.74, 6) is 5.42. The molecule has 0 saturated carbocycles. The van der Waals surface area contributed by atoms with Gasteiger partial charge in [0.1, 0.15) is 6.00 Å². The topological polar surface area (TPSA) is 29.3 Å². The number of nitrogens with zero attached hydrogens (tertiary/aromatic N) is 1. The van der Waals surface area contributed by atoms with Crippen molar-refractivity contribution in [2.24, 2.45) is 11.3 Å². The second-order valence-corrected chi connectivity index (χ2v) is 4.02. The van der Waals surface area contributed by atoms with E-state index in [1.807, 2.05) is 6.08 Å². The molecule has 0 atom stereocenters. The molecule has 0 aliphatic heterocycles. The lowest BCUT2D eigenvalue weighted by Gasteiger charge is -2.15. The maximum absolute atomic E-state index is 5.45. The summed E-state index contributed by atoms with van der Waals surface area (Å²) in [5.41, 5.74) is 0.323. The maximum atomic E-state index is 5.45. The molecule has 2 N–H and O–H groups in total. The van der Waals surface area contributed by atoms with Gasteiger partial charge in [0.2, 0.25) is 0 Å². The van der Waals surface area contributed by atoms with Crippen molar-refractivity contribution in [2.45, 2.75) is 27.2 Å². The van der Waals surface area contributed by atoms with Gasteiger partial charge in [-0.1, -0.05) is 26.8 Å². The minimum absolute atomic E-state index is 0.323. The Bertz CT molecular complexity index is 127. The molecule has 3 heteroatoms. The molecular weight excluding hydrogens is 160 g/mol. The van der Waals surface area contributed by atoms with Gasteiger partial charge >= 0.3 is 0 Å². The second kappa shape index (κ2) is 4.62. The van der Waals surface area contributed by atoms with E-state index < -0.39 is 0 Å².